The summed E-state index contributed by atoms with van der Waals surface area (Å²) in [6.45, 7) is 8.98. The van der Waals surface area contributed by atoms with Crippen LogP contribution >= 0.6 is 0 Å². The van der Waals surface area contributed by atoms with Crippen molar-refractivity contribution in [2.75, 3.05) is 6.61 Å². The largest absolute Gasteiger partial charge is 0.493 e. The SMILES string of the molecule is CCOc1ccc(C(=O)N[C@H](C)CCc2ccccc2)cc1COc1cc(C)cc(C)c1. The minimum Gasteiger partial charge on any atom is -0.493 e. The van der Waals surface area contributed by atoms with Crippen LogP contribution in [0.1, 0.15) is 52.9 Å². The minimum absolute atomic E-state index is 0.0734. The van der Waals surface area contributed by atoms with Crippen LogP contribution in [0.5, 0.6) is 11.5 Å². The molecule has 0 saturated heterocycles. The van der Waals surface area contributed by atoms with Crippen molar-refractivity contribution in [2.24, 2.45) is 0 Å². The zero-order chi connectivity index (χ0) is 22.9. The maximum atomic E-state index is 12.9. The van der Waals surface area contributed by atoms with E-state index in [-0.39, 0.29) is 11.9 Å². The van der Waals surface area contributed by atoms with E-state index in [4.69, 9.17) is 9.47 Å². The first-order chi connectivity index (χ1) is 15.4. The maximum Gasteiger partial charge on any atom is 0.251 e. The number of nitrogens with one attached hydrogen (secondary N) is 1. The summed E-state index contributed by atoms with van der Waals surface area (Å²) in [6.07, 6.45) is 1.82. The number of aryl methyl sites for hydroxylation is 3. The molecule has 4 nitrogen and oxygen atoms in total. The molecule has 0 spiro atoms. The first-order valence-electron chi connectivity index (χ1n) is 11.3. The van der Waals surface area contributed by atoms with Crippen LogP contribution in [0.15, 0.2) is 66.7 Å². The van der Waals surface area contributed by atoms with Crippen molar-refractivity contribution < 1.29 is 14.3 Å². The fraction of sp³-hybridized carbons (Fsp3) is 0.321. The fourth-order valence-corrected chi connectivity index (χ4v) is 3.71. The number of rotatable bonds is 10. The molecule has 0 heterocycles. The lowest BCUT2D eigenvalue weighted by molar-refractivity contribution is 0.0938. The predicted octanol–water partition coefficient (Wildman–Crippen LogP) is 6.03. The molecule has 32 heavy (non-hydrogen) atoms. The van der Waals surface area contributed by atoms with Crippen molar-refractivity contribution in [1.82, 2.24) is 5.32 Å². The van der Waals surface area contributed by atoms with Gasteiger partial charge >= 0.3 is 0 Å². The van der Waals surface area contributed by atoms with Crippen molar-refractivity contribution in [2.45, 2.75) is 53.2 Å². The summed E-state index contributed by atoms with van der Waals surface area (Å²) < 4.78 is 11.8. The molecule has 0 unspecified atom stereocenters. The van der Waals surface area contributed by atoms with Gasteiger partial charge in [0.15, 0.2) is 0 Å². The normalized spacial score (nSPS) is 11.6. The molecule has 1 atom stereocenters. The third-order valence-corrected chi connectivity index (χ3v) is 5.30. The van der Waals surface area contributed by atoms with E-state index in [1.165, 1.54) is 5.56 Å². The van der Waals surface area contributed by atoms with Gasteiger partial charge in [0.25, 0.3) is 5.91 Å². The average Bonchev–Trinajstić information content (AvgIpc) is 2.77. The maximum absolute atomic E-state index is 12.9. The van der Waals surface area contributed by atoms with Gasteiger partial charge in [-0.2, -0.15) is 0 Å². The first kappa shape index (κ1) is 23.4. The van der Waals surface area contributed by atoms with Crippen molar-refractivity contribution >= 4 is 5.91 Å². The van der Waals surface area contributed by atoms with Crippen LogP contribution in [0, 0.1) is 13.8 Å². The molecule has 3 aromatic carbocycles. The van der Waals surface area contributed by atoms with E-state index >= 15 is 0 Å². The minimum atomic E-state index is -0.0822. The van der Waals surface area contributed by atoms with E-state index < -0.39 is 0 Å². The molecule has 4 heteroatoms. The van der Waals surface area contributed by atoms with Crippen LogP contribution in [-0.2, 0) is 13.0 Å². The molecule has 3 rings (SSSR count). The highest BCUT2D eigenvalue weighted by atomic mass is 16.5. The van der Waals surface area contributed by atoms with E-state index in [1.807, 2.05) is 62.4 Å². The van der Waals surface area contributed by atoms with Crippen LogP contribution in [-0.4, -0.2) is 18.6 Å². The standard InChI is InChI=1S/C28H33NO3/c1-5-31-27-14-13-24(18-25(27)19-32-26-16-20(2)15-21(3)17-26)28(30)29-22(4)11-12-23-9-7-6-8-10-23/h6-10,13-18,22H,5,11-12,19H2,1-4H3,(H,29,30)/t22-/m1/s1. The monoisotopic (exact) mass is 431 g/mol. The highest BCUT2D eigenvalue weighted by Crippen LogP contribution is 2.24. The van der Waals surface area contributed by atoms with Gasteiger partial charge in [0.05, 0.1) is 6.61 Å². The lowest BCUT2D eigenvalue weighted by Crippen LogP contribution is -2.33. The Morgan fingerprint density at radius 2 is 1.66 bits per heavy atom. The highest BCUT2D eigenvalue weighted by Gasteiger charge is 2.14. The van der Waals surface area contributed by atoms with Crippen LogP contribution < -0.4 is 14.8 Å². The van der Waals surface area contributed by atoms with Gasteiger partial charge in [0, 0.05) is 17.2 Å². The van der Waals surface area contributed by atoms with Gasteiger partial charge in [-0.1, -0.05) is 36.4 Å². The summed E-state index contributed by atoms with van der Waals surface area (Å²) in [4.78, 5) is 12.9. The third-order valence-electron chi connectivity index (χ3n) is 5.30. The second kappa shape index (κ2) is 11.4. The summed E-state index contributed by atoms with van der Waals surface area (Å²) in [5.74, 6) is 1.47. The van der Waals surface area contributed by atoms with Gasteiger partial charge in [-0.25, -0.2) is 0 Å². The summed E-state index contributed by atoms with van der Waals surface area (Å²) >= 11 is 0. The van der Waals surface area contributed by atoms with E-state index in [1.54, 1.807) is 0 Å². The zero-order valence-corrected chi connectivity index (χ0v) is 19.5. The van der Waals surface area contributed by atoms with Gasteiger partial charge in [0.2, 0.25) is 0 Å². The number of hydrogen-bond acceptors (Lipinski definition) is 3. The Balaban J connectivity index is 1.66. The molecular formula is C28H33NO3. The smallest absolute Gasteiger partial charge is 0.251 e. The zero-order valence-electron chi connectivity index (χ0n) is 19.5. The predicted molar refractivity (Wildman–Crippen MR) is 130 cm³/mol. The molecule has 0 fully saturated rings. The highest BCUT2D eigenvalue weighted by molar-refractivity contribution is 5.94. The first-order valence-corrected chi connectivity index (χ1v) is 11.3. The molecule has 0 bridgehead atoms. The summed E-state index contributed by atoms with van der Waals surface area (Å²) in [6, 6.07) is 22.1. The second-order valence-electron chi connectivity index (χ2n) is 8.27. The van der Waals surface area contributed by atoms with E-state index in [0.717, 1.165) is 41.0 Å². The molecule has 1 amide bonds. The molecule has 0 aliphatic carbocycles. The molecule has 0 aromatic heterocycles. The molecule has 168 valence electrons. The quantitative estimate of drug-likeness (QED) is 0.426. The van der Waals surface area contributed by atoms with Gasteiger partial charge in [0.1, 0.15) is 18.1 Å². The molecule has 0 aliphatic heterocycles. The number of benzene rings is 3. The number of hydrogen-bond donors (Lipinski definition) is 1. The van der Waals surface area contributed by atoms with Crippen LogP contribution in [0.3, 0.4) is 0 Å². The molecule has 0 radical (unpaired) electrons. The lowest BCUT2D eigenvalue weighted by atomic mass is 10.1. The molecular weight excluding hydrogens is 398 g/mol. The fourth-order valence-electron chi connectivity index (χ4n) is 3.71. The van der Waals surface area contributed by atoms with E-state index in [2.05, 4.69) is 37.4 Å². The van der Waals surface area contributed by atoms with Gasteiger partial charge in [-0.15, -0.1) is 0 Å². The number of amides is 1. The number of carbonyl (C=O) groups excluding carboxylic acids is 1. The summed E-state index contributed by atoms with van der Waals surface area (Å²) in [5.41, 5.74) is 5.06. The van der Waals surface area contributed by atoms with E-state index in [0.29, 0.717) is 18.8 Å². The average molecular weight is 432 g/mol. The molecule has 1 N–H and O–H groups in total. The molecule has 0 aliphatic rings. The van der Waals surface area contributed by atoms with Gasteiger partial charge < -0.3 is 14.8 Å². The van der Waals surface area contributed by atoms with Crippen molar-refractivity contribution in [1.29, 1.82) is 0 Å². The van der Waals surface area contributed by atoms with Gasteiger partial charge in [-0.05, 0) is 87.6 Å². The molecule has 3 aromatic rings. The van der Waals surface area contributed by atoms with Crippen LogP contribution in [0.2, 0.25) is 0 Å². The van der Waals surface area contributed by atoms with Crippen molar-refractivity contribution in [3.05, 3.63) is 94.5 Å². The van der Waals surface area contributed by atoms with Crippen molar-refractivity contribution in [3.8, 4) is 11.5 Å². The van der Waals surface area contributed by atoms with Gasteiger partial charge in [-0.3, -0.25) is 4.79 Å². The topological polar surface area (TPSA) is 47.6 Å². The second-order valence-corrected chi connectivity index (χ2v) is 8.27. The third kappa shape index (κ3) is 6.88. The number of carbonyl (C=O) groups is 1. The van der Waals surface area contributed by atoms with Crippen LogP contribution in [0.4, 0.5) is 0 Å². The van der Waals surface area contributed by atoms with E-state index in [9.17, 15) is 4.79 Å². The van der Waals surface area contributed by atoms with Crippen molar-refractivity contribution in [3.63, 3.8) is 0 Å². The summed E-state index contributed by atoms with van der Waals surface area (Å²) in [5, 5.41) is 3.11. The summed E-state index contributed by atoms with van der Waals surface area (Å²) in [7, 11) is 0. The Bertz CT molecular complexity index is 1010. The Hall–Kier alpha value is -3.27. The Morgan fingerprint density at radius 3 is 2.34 bits per heavy atom. The molecule has 0 saturated carbocycles. The Kier molecular flexibility index (Phi) is 8.32. The Morgan fingerprint density at radius 1 is 0.938 bits per heavy atom. The lowest BCUT2D eigenvalue weighted by Gasteiger charge is -2.16. The van der Waals surface area contributed by atoms with Crippen LogP contribution in [0.25, 0.3) is 0 Å². The Labute approximate surface area is 191 Å². The number of ether oxygens (including phenoxy) is 2.